The molecule has 1 aromatic carbocycles. The van der Waals surface area contributed by atoms with Crippen molar-refractivity contribution in [3.63, 3.8) is 0 Å². The minimum Gasteiger partial charge on any atom is -0.340 e. The predicted molar refractivity (Wildman–Crippen MR) is 89.3 cm³/mol. The third-order valence-electron chi connectivity index (χ3n) is 3.12. The Kier molecular flexibility index (Phi) is 4.70. The summed E-state index contributed by atoms with van der Waals surface area (Å²) in [6.07, 6.45) is 1.92. The maximum atomic E-state index is 12.4. The van der Waals surface area contributed by atoms with Crippen molar-refractivity contribution in [3.05, 3.63) is 50.7 Å². The normalized spacial score (nSPS) is 10.9. The van der Waals surface area contributed by atoms with E-state index in [-0.39, 0.29) is 11.9 Å². The molecule has 0 radical (unpaired) electrons. The number of rotatable bonds is 3. The lowest BCUT2D eigenvalue weighted by Crippen LogP contribution is -2.18. The van der Waals surface area contributed by atoms with E-state index in [1.165, 1.54) is 0 Å². The zero-order valence-electron chi connectivity index (χ0n) is 11.6. The number of halogens is 2. The Morgan fingerprint density at radius 1 is 1.30 bits per heavy atom. The monoisotopic (exact) mass is 398 g/mol. The zero-order valence-corrected chi connectivity index (χ0v) is 14.7. The van der Waals surface area contributed by atoms with Crippen LogP contribution < -0.4 is 5.32 Å². The number of nitrogens with zero attached hydrogens (tertiary/aromatic N) is 1. The number of anilines is 1. The van der Waals surface area contributed by atoms with Gasteiger partial charge in [0.05, 0.1) is 0 Å². The van der Waals surface area contributed by atoms with Crippen LogP contribution >= 0.6 is 31.9 Å². The Labute approximate surface area is 135 Å². The molecule has 0 spiro atoms. The highest BCUT2D eigenvalue weighted by Crippen LogP contribution is 2.25. The first-order valence-electron chi connectivity index (χ1n) is 6.34. The molecule has 0 aliphatic carbocycles. The Bertz CT molecular complexity index is 647. The Balaban J connectivity index is 2.31. The van der Waals surface area contributed by atoms with E-state index in [1.807, 2.05) is 55.8 Å². The fourth-order valence-electron chi connectivity index (χ4n) is 1.98. The van der Waals surface area contributed by atoms with Gasteiger partial charge in [0.15, 0.2) is 0 Å². The van der Waals surface area contributed by atoms with Crippen molar-refractivity contribution in [2.75, 3.05) is 5.32 Å². The van der Waals surface area contributed by atoms with Crippen molar-refractivity contribution >= 4 is 43.5 Å². The van der Waals surface area contributed by atoms with Crippen LogP contribution in [0.3, 0.4) is 0 Å². The molecule has 3 nitrogen and oxygen atoms in total. The number of carbonyl (C=O) groups is 1. The summed E-state index contributed by atoms with van der Waals surface area (Å²) in [4.78, 5) is 12.4. The van der Waals surface area contributed by atoms with Crippen LogP contribution in [0, 0.1) is 6.92 Å². The van der Waals surface area contributed by atoms with E-state index in [0.29, 0.717) is 5.69 Å². The second-order valence-electron chi connectivity index (χ2n) is 4.91. The lowest BCUT2D eigenvalue weighted by atomic mass is 10.2. The van der Waals surface area contributed by atoms with E-state index < -0.39 is 0 Å². The number of hydrogen-bond acceptors (Lipinski definition) is 1. The van der Waals surface area contributed by atoms with Crippen LogP contribution in [-0.2, 0) is 0 Å². The van der Waals surface area contributed by atoms with E-state index in [0.717, 1.165) is 20.2 Å². The highest BCUT2D eigenvalue weighted by molar-refractivity contribution is 9.10. The Morgan fingerprint density at radius 2 is 2.00 bits per heavy atom. The summed E-state index contributed by atoms with van der Waals surface area (Å²) >= 11 is 6.89. The third-order valence-corrected chi connectivity index (χ3v) is 4.41. The van der Waals surface area contributed by atoms with Crippen LogP contribution in [0.4, 0.5) is 5.69 Å². The van der Waals surface area contributed by atoms with Crippen molar-refractivity contribution in [2.45, 2.75) is 26.8 Å². The van der Waals surface area contributed by atoms with Crippen LogP contribution in [-0.4, -0.2) is 10.5 Å². The Morgan fingerprint density at radius 3 is 2.65 bits per heavy atom. The summed E-state index contributed by atoms with van der Waals surface area (Å²) in [5.74, 6) is -0.106. The van der Waals surface area contributed by atoms with Crippen LogP contribution in [0.25, 0.3) is 0 Å². The molecular formula is C15H16Br2N2O. The molecule has 0 unspecified atom stereocenters. The summed E-state index contributed by atoms with van der Waals surface area (Å²) in [5.41, 5.74) is 2.48. The SMILES string of the molecule is Cc1c(Br)cccc1NC(=O)c1cc(Br)cn1C(C)C. The number of hydrogen-bond donors (Lipinski definition) is 1. The smallest absolute Gasteiger partial charge is 0.272 e. The van der Waals surface area contributed by atoms with E-state index in [1.54, 1.807) is 0 Å². The molecule has 0 bridgehead atoms. The highest BCUT2D eigenvalue weighted by atomic mass is 79.9. The summed E-state index contributed by atoms with van der Waals surface area (Å²) in [6.45, 7) is 6.07. The van der Waals surface area contributed by atoms with Gasteiger partial charge in [0.25, 0.3) is 5.91 Å². The van der Waals surface area contributed by atoms with Crippen LogP contribution in [0.2, 0.25) is 0 Å². The molecule has 2 aromatic rings. The van der Waals surface area contributed by atoms with Gasteiger partial charge in [0.1, 0.15) is 5.69 Å². The van der Waals surface area contributed by atoms with Gasteiger partial charge in [0.2, 0.25) is 0 Å². The standard InChI is InChI=1S/C15H16Br2N2O/c1-9(2)19-8-11(16)7-14(19)15(20)18-13-6-4-5-12(17)10(13)3/h4-9H,1-3H3,(H,18,20). The van der Waals surface area contributed by atoms with Gasteiger partial charge >= 0.3 is 0 Å². The maximum Gasteiger partial charge on any atom is 0.272 e. The van der Waals surface area contributed by atoms with Crippen molar-refractivity contribution in [1.82, 2.24) is 4.57 Å². The largest absolute Gasteiger partial charge is 0.340 e. The molecule has 0 fully saturated rings. The lowest BCUT2D eigenvalue weighted by Gasteiger charge is -2.14. The fraction of sp³-hybridized carbons (Fsp3) is 0.267. The van der Waals surface area contributed by atoms with Crippen molar-refractivity contribution in [3.8, 4) is 0 Å². The van der Waals surface area contributed by atoms with Gasteiger partial charge in [-0.05, 0) is 60.5 Å². The lowest BCUT2D eigenvalue weighted by molar-refractivity contribution is 0.101. The van der Waals surface area contributed by atoms with Gasteiger partial charge in [-0.25, -0.2) is 0 Å². The molecule has 0 aliphatic heterocycles. The first kappa shape index (κ1) is 15.3. The Hall–Kier alpha value is -1.07. The molecule has 1 aromatic heterocycles. The molecule has 0 atom stereocenters. The number of aromatic nitrogens is 1. The van der Waals surface area contributed by atoms with Gasteiger partial charge in [-0.1, -0.05) is 22.0 Å². The van der Waals surface area contributed by atoms with Crippen LogP contribution in [0.15, 0.2) is 39.4 Å². The van der Waals surface area contributed by atoms with Gasteiger partial charge in [0, 0.05) is 26.9 Å². The molecule has 0 saturated heterocycles. The highest BCUT2D eigenvalue weighted by Gasteiger charge is 2.16. The number of nitrogens with one attached hydrogen (secondary N) is 1. The molecular weight excluding hydrogens is 384 g/mol. The number of carbonyl (C=O) groups excluding carboxylic acids is 1. The first-order chi connectivity index (χ1) is 9.40. The molecule has 106 valence electrons. The molecule has 0 saturated carbocycles. The fourth-order valence-corrected chi connectivity index (χ4v) is 2.79. The van der Waals surface area contributed by atoms with E-state index in [4.69, 9.17) is 0 Å². The van der Waals surface area contributed by atoms with Crippen molar-refractivity contribution in [1.29, 1.82) is 0 Å². The van der Waals surface area contributed by atoms with Gasteiger partial charge in [-0.3, -0.25) is 4.79 Å². The predicted octanol–water partition coefficient (Wildman–Crippen LogP) is 5.15. The quantitative estimate of drug-likeness (QED) is 0.760. The molecule has 1 N–H and O–H groups in total. The van der Waals surface area contributed by atoms with E-state index in [9.17, 15) is 4.79 Å². The molecule has 1 heterocycles. The van der Waals surface area contributed by atoms with Gasteiger partial charge in [-0.15, -0.1) is 0 Å². The molecule has 2 rings (SSSR count). The maximum absolute atomic E-state index is 12.4. The van der Waals surface area contributed by atoms with Crippen molar-refractivity contribution < 1.29 is 4.79 Å². The molecule has 1 amide bonds. The first-order valence-corrected chi connectivity index (χ1v) is 7.92. The summed E-state index contributed by atoms with van der Waals surface area (Å²) in [5, 5.41) is 2.97. The van der Waals surface area contributed by atoms with E-state index >= 15 is 0 Å². The minimum absolute atomic E-state index is 0.106. The molecule has 5 heteroatoms. The summed E-state index contributed by atoms with van der Waals surface area (Å²) in [6, 6.07) is 7.83. The topological polar surface area (TPSA) is 34.0 Å². The summed E-state index contributed by atoms with van der Waals surface area (Å²) in [7, 11) is 0. The second-order valence-corrected chi connectivity index (χ2v) is 6.68. The van der Waals surface area contributed by atoms with Crippen LogP contribution in [0.5, 0.6) is 0 Å². The number of benzene rings is 1. The van der Waals surface area contributed by atoms with Gasteiger partial charge in [-0.2, -0.15) is 0 Å². The second kappa shape index (κ2) is 6.14. The van der Waals surface area contributed by atoms with Gasteiger partial charge < -0.3 is 9.88 Å². The van der Waals surface area contributed by atoms with Crippen LogP contribution in [0.1, 0.15) is 35.9 Å². The average molecular weight is 400 g/mol. The zero-order chi connectivity index (χ0) is 14.9. The number of amides is 1. The van der Waals surface area contributed by atoms with E-state index in [2.05, 4.69) is 37.2 Å². The third kappa shape index (κ3) is 3.15. The summed E-state index contributed by atoms with van der Waals surface area (Å²) < 4.78 is 3.84. The molecule has 0 aliphatic rings. The minimum atomic E-state index is -0.106. The average Bonchev–Trinajstić information content (AvgIpc) is 2.77. The van der Waals surface area contributed by atoms with Crippen molar-refractivity contribution in [2.24, 2.45) is 0 Å². The molecule has 20 heavy (non-hydrogen) atoms.